The van der Waals surface area contributed by atoms with Gasteiger partial charge in [0.25, 0.3) is 47.3 Å². The molecule has 0 atom stereocenters. The van der Waals surface area contributed by atoms with Gasteiger partial charge in [0, 0.05) is 138 Å². The van der Waals surface area contributed by atoms with Gasteiger partial charge < -0.3 is 51.9 Å². The molecule has 4 aromatic heterocycles. The van der Waals surface area contributed by atoms with E-state index >= 15 is 0 Å². The highest BCUT2D eigenvalue weighted by Crippen LogP contribution is 2.35. The van der Waals surface area contributed by atoms with Crippen LogP contribution in [0.2, 0.25) is 35.2 Å². The van der Waals surface area contributed by atoms with Crippen LogP contribution in [0.15, 0.2) is 243 Å². The van der Waals surface area contributed by atoms with E-state index in [0.29, 0.717) is 124 Å². The van der Waals surface area contributed by atoms with Crippen LogP contribution in [0.4, 0.5) is 22.7 Å². The van der Waals surface area contributed by atoms with Gasteiger partial charge in [-0.1, -0.05) is 126 Å². The van der Waals surface area contributed by atoms with Gasteiger partial charge in [-0.05, 0) is 265 Å². The summed E-state index contributed by atoms with van der Waals surface area (Å²) in [6.45, 7) is 15.7. The second-order valence-corrected chi connectivity index (χ2v) is 31.3. The molecule has 1 aliphatic rings. The molecule has 1 fully saturated rings. The van der Waals surface area contributed by atoms with Crippen molar-refractivity contribution in [2.75, 3.05) is 94.3 Å². The quantitative estimate of drug-likeness (QED) is 0.0236. The molecule has 8 amide bonds. The Morgan fingerprint density at radius 2 is 0.677 bits per heavy atom. The predicted molar refractivity (Wildman–Crippen MR) is 499 cm³/mol. The molecule has 1 saturated heterocycles. The number of likely N-dealkylation sites (tertiary alicyclic amines) is 1. The van der Waals surface area contributed by atoms with Crippen LogP contribution in [0.25, 0.3) is 45.0 Å². The molecular weight excluding hydrogens is 1710 g/mol. The van der Waals surface area contributed by atoms with E-state index in [2.05, 4.69) is 80.8 Å². The highest BCUT2D eigenvalue weighted by atomic mass is 35.5. The predicted octanol–water partition coefficient (Wildman–Crippen LogP) is 21.0. The number of nitrogens with one attached hydrogen (secondary N) is 7. The Labute approximate surface area is 755 Å². The minimum Gasteiger partial charge on any atom is -0.352 e. The van der Waals surface area contributed by atoms with Crippen LogP contribution in [0, 0.1) is 6.92 Å². The number of hydrogen-bond acceptors (Lipinski definition) is 14. The average molecular weight is 1810 g/mol. The zero-order valence-electron chi connectivity index (χ0n) is 68.8. The summed E-state index contributed by atoms with van der Waals surface area (Å²) >= 11 is 44.2. The molecule has 0 bridgehead atoms. The lowest BCUT2D eigenvalue weighted by atomic mass is 10.0. The summed E-state index contributed by atoms with van der Waals surface area (Å²) in [6, 6.07) is 61.9. The van der Waals surface area contributed by atoms with Gasteiger partial charge >= 0.3 is 0 Å². The number of rotatable bonds is 27. The fourth-order valence-electron chi connectivity index (χ4n) is 12.8. The molecule has 0 radical (unpaired) electrons. The number of benzene rings is 8. The van der Waals surface area contributed by atoms with Gasteiger partial charge in [0.1, 0.15) is 0 Å². The molecule has 5 heterocycles. The summed E-state index contributed by atoms with van der Waals surface area (Å²) in [7, 11) is 3.38. The standard InChI is InChI=1S/C26H28Cl2N4O2.C25H24Cl2N4O2.C22H19Cl2N3O2.C22H20ClN3O2/c1-3-32(4-2)15-7-14-30-25(33)18-9-11-20(23(28)16-18)26(34)31-19-10-12-22(27)21(17-19)24-8-5-6-13-29-24;26-21-9-7-18(16-20(21)23-5-1-2-10-28-23)30-25(33)19-8-6-17(15-22(19)27)24(32)29-11-14-31-12-3-4-13-31;1-2-10-26-21(28)14-6-8-16(19(24)12-14)22(29)27-15-7-9-18(23)17(13-15)20-5-3-4-11-25-20;1-14-12-15(22(28)26(2)3)7-9-17(14)21(27)25-16-8-10-19(23)18(13-16)20-6-4-5-11-24-20/h5-6,8-13,16-17H,3-4,7,14-15H2,1-2H3,(H,30,33)(H,31,34);1-2,5-10,15-16H,3-4,11-14H2,(H,29,32)(H,30,33);3-9,11-13H,2,10H2,1H3,(H,26,28)(H,27,29);4-13H,1-3H3,(H,25,27). The lowest BCUT2D eigenvalue weighted by molar-refractivity contribution is 0.0825. The molecule has 13 rings (SSSR count). The Kier molecular flexibility index (Phi) is 35.8. The average Bonchev–Trinajstić information content (AvgIpc) is 0.994. The highest BCUT2D eigenvalue weighted by Gasteiger charge is 2.22. The SMILES string of the molecule is CCCNC(=O)c1ccc(C(=O)Nc2ccc(Cl)c(-c3ccccn3)c2)c(Cl)c1.CCN(CC)CCCNC(=O)c1ccc(C(=O)Nc2ccc(Cl)c(-c3ccccn3)c2)c(Cl)c1.Cc1cc(C(=O)N(C)C)ccc1C(=O)Nc1ccc(Cl)c(-c2ccccn2)c1.O=C(NCCN1CCCC1)c1ccc(C(=O)Nc2ccc(Cl)c(-c3ccccn3)c2)c(Cl)c1. The lowest BCUT2D eigenvalue weighted by Gasteiger charge is -2.17. The number of amides is 8. The van der Waals surface area contributed by atoms with Crippen LogP contribution in [0.1, 0.15) is 135 Å². The first-order valence-corrected chi connectivity index (χ1v) is 42.5. The molecule has 124 heavy (non-hydrogen) atoms. The van der Waals surface area contributed by atoms with Gasteiger partial charge in [0.15, 0.2) is 0 Å². The molecular formula is C95H91Cl7N14O8. The zero-order chi connectivity index (χ0) is 88.8. The van der Waals surface area contributed by atoms with E-state index in [1.807, 2.05) is 86.6 Å². The van der Waals surface area contributed by atoms with Crippen molar-refractivity contribution in [2.45, 2.75) is 53.4 Å². The third-order valence-electron chi connectivity index (χ3n) is 19.5. The van der Waals surface area contributed by atoms with Gasteiger partial charge in [-0.3, -0.25) is 58.3 Å². The molecule has 22 nitrogen and oxygen atoms in total. The Hall–Kier alpha value is -11.9. The molecule has 0 spiro atoms. The second kappa shape index (κ2) is 47.1. The van der Waals surface area contributed by atoms with Crippen LogP contribution in [-0.4, -0.2) is 155 Å². The zero-order valence-corrected chi connectivity index (χ0v) is 74.1. The molecule has 29 heteroatoms. The first-order chi connectivity index (χ1) is 59.8. The Balaban J connectivity index is 0.000000173. The number of aromatic nitrogens is 4. The lowest BCUT2D eigenvalue weighted by Crippen LogP contribution is -2.33. The van der Waals surface area contributed by atoms with Gasteiger partial charge in [-0.15, -0.1) is 0 Å². The minimum absolute atomic E-state index is 0.104. The first-order valence-electron chi connectivity index (χ1n) is 39.9. The monoisotopic (exact) mass is 1800 g/mol. The molecule has 638 valence electrons. The van der Waals surface area contributed by atoms with E-state index in [1.165, 1.54) is 42.0 Å². The van der Waals surface area contributed by atoms with Crippen molar-refractivity contribution in [3.63, 3.8) is 0 Å². The van der Waals surface area contributed by atoms with Crippen molar-refractivity contribution in [1.82, 2.24) is 50.6 Å². The topological polar surface area (TPSA) is 282 Å². The van der Waals surface area contributed by atoms with Gasteiger partial charge in [0.05, 0.1) is 74.6 Å². The summed E-state index contributed by atoms with van der Waals surface area (Å²) in [4.78, 5) is 123. The van der Waals surface area contributed by atoms with Crippen molar-refractivity contribution in [1.29, 1.82) is 0 Å². The molecule has 0 saturated carbocycles. The molecule has 1 aliphatic heterocycles. The molecule has 12 aromatic rings. The number of carbonyl (C=O) groups excluding carboxylic acids is 8. The summed E-state index contributed by atoms with van der Waals surface area (Å²) in [5, 5.41) is 22.7. The number of pyridine rings is 4. The normalized spacial score (nSPS) is 11.4. The van der Waals surface area contributed by atoms with Crippen molar-refractivity contribution in [2.24, 2.45) is 0 Å². The summed E-state index contributed by atoms with van der Waals surface area (Å²) in [6.07, 6.45) is 10.9. The van der Waals surface area contributed by atoms with Crippen molar-refractivity contribution in [3.05, 3.63) is 328 Å². The number of aryl methyl sites for hydroxylation is 1. The van der Waals surface area contributed by atoms with Crippen LogP contribution >= 0.6 is 81.2 Å². The number of nitrogens with zero attached hydrogens (tertiary/aromatic N) is 7. The van der Waals surface area contributed by atoms with Crippen molar-refractivity contribution in [3.8, 4) is 45.0 Å². The van der Waals surface area contributed by atoms with Crippen LogP contribution < -0.4 is 37.2 Å². The maximum absolute atomic E-state index is 12.8. The fraction of sp³-hybridized carbons (Fsp3) is 0.200. The van der Waals surface area contributed by atoms with Crippen LogP contribution in [0.5, 0.6) is 0 Å². The van der Waals surface area contributed by atoms with Gasteiger partial charge in [-0.2, -0.15) is 0 Å². The summed E-state index contributed by atoms with van der Waals surface area (Å²) < 4.78 is 0. The molecule has 0 unspecified atom stereocenters. The number of anilines is 4. The fourth-order valence-corrected chi connectivity index (χ4v) is 14.5. The Bertz CT molecular complexity index is 5760. The highest BCUT2D eigenvalue weighted by molar-refractivity contribution is 6.37. The summed E-state index contributed by atoms with van der Waals surface area (Å²) in [5.74, 6) is -2.15. The Morgan fingerprint density at radius 1 is 0.355 bits per heavy atom. The van der Waals surface area contributed by atoms with E-state index in [-0.39, 0.29) is 79.0 Å². The largest absolute Gasteiger partial charge is 0.352 e. The Morgan fingerprint density at radius 3 is 0.984 bits per heavy atom. The van der Waals surface area contributed by atoms with E-state index in [0.717, 1.165) is 68.9 Å². The third kappa shape index (κ3) is 27.0. The number of carbonyl (C=O) groups is 8. The van der Waals surface area contributed by atoms with Crippen molar-refractivity contribution < 1.29 is 38.4 Å². The van der Waals surface area contributed by atoms with Crippen LogP contribution in [-0.2, 0) is 0 Å². The van der Waals surface area contributed by atoms with Crippen LogP contribution in [0.3, 0.4) is 0 Å². The smallest absolute Gasteiger partial charge is 0.257 e. The maximum atomic E-state index is 12.8. The minimum atomic E-state index is -0.384. The number of hydrogen-bond donors (Lipinski definition) is 7. The number of halogens is 7. The maximum Gasteiger partial charge on any atom is 0.257 e. The molecule has 7 N–H and O–H groups in total. The second-order valence-electron chi connectivity index (χ2n) is 28.5. The first kappa shape index (κ1) is 94.3. The molecule has 8 aromatic carbocycles. The van der Waals surface area contributed by atoms with Gasteiger partial charge in [0.2, 0.25) is 0 Å². The van der Waals surface area contributed by atoms with Crippen molar-refractivity contribution >= 4 is 151 Å². The van der Waals surface area contributed by atoms with E-state index in [1.54, 1.807) is 160 Å². The van der Waals surface area contributed by atoms with E-state index < -0.39 is 0 Å². The van der Waals surface area contributed by atoms with Gasteiger partial charge in [-0.25, -0.2) is 0 Å². The van der Waals surface area contributed by atoms with E-state index in [9.17, 15) is 38.4 Å². The third-order valence-corrected chi connectivity index (χ3v) is 21.7. The molecule has 0 aliphatic carbocycles. The van der Waals surface area contributed by atoms with E-state index in [4.69, 9.17) is 81.2 Å². The summed E-state index contributed by atoms with van der Waals surface area (Å²) in [5.41, 5.74) is 11.8.